The van der Waals surface area contributed by atoms with Gasteiger partial charge in [0.15, 0.2) is 0 Å². The van der Waals surface area contributed by atoms with Crippen LogP contribution in [0, 0.1) is 0 Å². The number of hydrogen-bond acceptors (Lipinski definition) is 1. The van der Waals surface area contributed by atoms with Gasteiger partial charge in [0.1, 0.15) is 0 Å². The van der Waals surface area contributed by atoms with Gasteiger partial charge >= 0.3 is 0 Å². The topological polar surface area (TPSA) is 12.4 Å². The van der Waals surface area contributed by atoms with Crippen LogP contribution >= 0.6 is 0 Å². The van der Waals surface area contributed by atoms with Crippen molar-refractivity contribution in [2.24, 2.45) is 4.99 Å². The van der Waals surface area contributed by atoms with E-state index in [9.17, 15) is 0 Å². The lowest BCUT2D eigenvalue weighted by Gasteiger charge is -2.08. The molecule has 1 heteroatoms. The molecule has 0 amide bonds. The van der Waals surface area contributed by atoms with E-state index in [4.69, 9.17) is 0 Å². The molecule has 100 valence electrons. The summed E-state index contributed by atoms with van der Waals surface area (Å²) in [6.07, 6.45) is 1.07. The van der Waals surface area contributed by atoms with Gasteiger partial charge in [0.05, 0.1) is 12.3 Å². The molecule has 0 aromatic heterocycles. The molecule has 0 saturated carbocycles. The third-order valence-electron chi connectivity index (χ3n) is 3.12. The quantitative estimate of drug-likeness (QED) is 0.691. The summed E-state index contributed by atoms with van der Waals surface area (Å²) in [6.45, 7) is 11.4. The van der Waals surface area contributed by atoms with E-state index in [-0.39, 0.29) is 7.43 Å². The molecule has 0 bridgehead atoms. The fraction of sp³-hybridized carbons (Fsp3) is 0.471. The highest BCUT2D eigenvalue weighted by Crippen LogP contribution is 2.22. The van der Waals surface area contributed by atoms with Crippen molar-refractivity contribution in [1.29, 1.82) is 0 Å². The van der Waals surface area contributed by atoms with Crippen molar-refractivity contribution in [3.8, 4) is 0 Å². The van der Waals surface area contributed by atoms with E-state index in [1.54, 1.807) is 0 Å². The molecule has 1 heterocycles. The maximum absolute atomic E-state index is 4.62. The summed E-state index contributed by atoms with van der Waals surface area (Å²) in [5, 5.41) is 0. The molecule has 1 aromatic rings. The Bertz CT molecular complexity index is 439. The summed E-state index contributed by atoms with van der Waals surface area (Å²) in [4.78, 5) is 4.62. The van der Waals surface area contributed by atoms with E-state index >= 15 is 0 Å². The third-order valence-corrected chi connectivity index (χ3v) is 3.12. The van der Waals surface area contributed by atoms with Gasteiger partial charge in [-0.1, -0.05) is 52.5 Å². The van der Waals surface area contributed by atoms with Crippen LogP contribution in [0.25, 0.3) is 0 Å². The van der Waals surface area contributed by atoms with Gasteiger partial charge in [-0.3, -0.25) is 4.99 Å². The summed E-state index contributed by atoms with van der Waals surface area (Å²) in [5.74, 6) is 0. The van der Waals surface area contributed by atoms with E-state index in [2.05, 4.69) is 50.0 Å². The van der Waals surface area contributed by atoms with Crippen molar-refractivity contribution in [2.45, 2.75) is 48.5 Å². The first-order valence-corrected chi connectivity index (χ1v) is 6.53. The van der Waals surface area contributed by atoms with Crippen LogP contribution in [0.4, 0.5) is 0 Å². The fourth-order valence-corrected chi connectivity index (χ4v) is 1.98. The fourth-order valence-electron chi connectivity index (χ4n) is 1.98. The monoisotopic (exact) mass is 245 g/mol. The van der Waals surface area contributed by atoms with Crippen molar-refractivity contribution >= 4 is 5.71 Å². The van der Waals surface area contributed by atoms with Crippen LogP contribution in [0.5, 0.6) is 0 Å². The Morgan fingerprint density at radius 1 is 1.11 bits per heavy atom. The second-order valence-electron chi connectivity index (χ2n) is 4.08. The number of benzene rings is 1. The SMILES string of the molecule is C.CC.CCc1ccccc1C1=NCC(C)=C1C. The van der Waals surface area contributed by atoms with Crippen LogP contribution < -0.4 is 0 Å². The minimum Gasteiger partial charge on any atom is -0.280 e. The molecular formula is C17H27N. The molecule has 1 aliphatic heterocycles. The summed E-state index contributed by atoms with van der Waals surface area (Å²) < 4.78 is 0. The maximum Gasteiger partial charge on any atom is 0.0682 e. The minimum atomic E-state index is 0. The highest BCUT2D eigenvalue weighted by Gasteiger charge is 2.15. The van der Waals surface area contributed by atoms with Crippen molar-refractivity contribution in [2.75, 3.05) is 6.54 Å². The first-order chi connectivity index (χ1) is 8.24. The minimum absolute atomic E-state index is 0. The standard InChI is InChI=1S/C14H17N.C2H6.CH4/c1-4-12-7-5-6-8-13(12)14-11(3)10(2)9-15-14;1-2;/h5-8H,4,9H2,1-3H3;1-2H3;1H4. The number of hydrogen-bond donors (Lipinski definition) is 0. The van der Waals surface area contributed by atoms with Crippen LogP contribution in [0.2, 0.25) is 0 Å². The average Bonchev–Trinajstić information content (AvgIpc) is 2.72. The van der Waals surface area contributed by atoms with Gasteiger partial charge in [-0.15, -0.1) is 0 Å². The molecule has 1 aromatic carbocycles. The normalized spacial score (nSPS) is 13.5. The maximum atomic E-state index is 4.62. The summed E-state index contributed by atoms with van der Waals surface area (Å²) in [7, 11) is 0. The van der Waals surface area contributed by atoms with E-state index in [1.165, 1.54) is 28.0 Å². The Labute approximate surface area is 113 Å². The molecule has 0 saturated heterocycles. The van der Waals surface area contributed by atoms with Gasteiger partial charge in [0, 0.05) is 5.56 Å². The van der Waals surface area contributed by atoms with Crippen LogP contribution in [0.3, 0.4) is 0 Å². The molecule has 18 heavy (non-hydrogen) atoms. The summed E-state index contributed by atoms with van der Waals surface area (Å²) in [5.41, 5.74) is 6.66. The number of rotatable bonds is 2. The lowest BCUT2D eigenvalue weighted by Crippen LogP contribution is -2.03. The average molecular weight is 245 g/mol. The highest BCUT2D eigenvalue weighted by atomic mass is 14.8. The lowest BCUT2D eigenvalue weighted by molar-refractivity contribution is 1.13. The first-order valence-electron chi connectivity index (χ1n) is 6.53. The Morgan fingerprint density at radius 2 is 1.72 bits per heavy atom. The number of aryl methyl sites for hydroxylation is 1. The molecule has 2 rings (SSSR count). The van der Waals surface area contributed by atoms with Crippen LogP contribution in [-0.4, -0.2) is 12.3 Å². The van der Waals surface area contributed by atoms with Crippen LogP contribution in [-0.2, 0) is 6.42 Å². The molecule has 0 N–H and O–H groups in total. The zero-order valence-corrected chi connectivity index (χ0v) is 11.7. The molecule has 0 fully saturated rings. The largest absolute Gasteiger partial charge is 0.280 e. The van der Waals surface area contributed by atoms with Gasteiger partial charge in [0.25, 0.3) is 0 Å². The molecule has 0 unspecified atom stereocenters. The lowest BCUT2D eigenvalue weighted by atomic mass is 9.96. The zero-order chi connectivity index (χ0) is 12.8. The van der Waals surface area contributed by atoms with Crippen LogP contribution in [0.15, 0.2) is 40.4 Å². The van der Waals surface area contributed by atoms with Crippen molar-refractivity contribution in [1.82, 2.24) is 0 Å². The number of allylic oxidation sites excluding steroid dienone is 1. The highest BCUT2D eigenvalue weighted by molar-refractivity contribution is 6.14. The first kappa shape index (κ1) is 16.6. The summed E-state index contributed by atoms with van der Waals surface area (Å²) in [6, 6.07) is 8.57. The number of nitrogens with zero attached hydrogens (tertiary/aromatic N) is 1. The van der Waals surface area contributed by atoms with Crippen LogP contribution in [0.1, 0.15) is 53.2 Å². The van der Waals surface area contributed by atoms with Crippen molar-refractivity contribution in [3.63, 3.8) is 0 Å². The van der Waals surface area contributed by atoms with Crippen molar-refractivity contribution in [3.05, 3.63) is 46.5 Å². The Kier molecular flexibility index (Phi) is 7.26. The number of aliphatic imine (C=N–C) groups is 1. The van der Waals surface area contributed by atoms with E-state index in [0.29, 0.717) is 0 Å². The van der Waals surface area contributed by atoms with E-state index in [0.717, 1.165) is 13.0 Å². The van der Waals surface area contributed by atoms with Gasteiger partial charge < -0.3 is 0 Å². The van der Waals surface area contributed by atoms with Crippen molar-refractivity contribution < 1.29 is 0 Å². The van der Waals surface area contributed by atoms with Gasteiger partial charge in [-0.25, -0.2) is 0 Å². The molecule has 0 atom stereocenters. The third kappa shape index (κ3) is 3.32. The zero-order valence-electron chi connectivity index (χ0n) is 11.7. The van der Waals surface area contributed by atoms with Gasteiger partial charge in [0.2, 0.25) is 0 Å². The molecule has 0 spiro atoms. The molecular weight excluding hydrogens is 218 g/mol. The van der Waals surface area contributed by atoms with E-state index in [1.807, 2.05) is 13.8 Å². The van der Waals surface area contributed by atoms with E-state index < -0.39 is 0 Å². The second kappa shape index (κ2) is 7.86. The predicted molar refractivity (Wildman–Crippen MR) is 83.7 cm³/mol. The Morgan fingerprint density at radius 3 is 2.22 bits per heavy atom. The molecule has 1 nitrogen and oxygen atoms in total. The molecule has 1 aliphatic rings. The Hall–Kier alpha value is -1.37. The molecule has 0 radical (unpaired) electrons. The summed E-state index contributed by atoms with van der Waals surface area (Å²) >= 11 is 0. The molecule has 0 aliphatic carbocycles. The second-order valence-corrected chi connectivity index (χ2v) is 4.08. The predicted octanol–water partition coefficient (Wildman–Crippen LogP) is 5.05. The Balaban J connectivity index is 0.000000917. The van der Waals surface area contributed by atoms with Gasteiger partial charge in [-0.2, -0.15) is 0 Å². The van der Waals surface area contributed by atoms with Gasteiger partial charge in [-0.05, 0) is 37.0 Å². The smallest absolute Gasteiger partial charge is 0.0682 e.